The fourth-order valence-electron chi connectivity index (χ4n) is 3.30. The standard InChI is InChI=1S/C21H26Cl2FN3O2/c1-13-5-6-14-11-15(22)16(24)12-17(14)25-19(18(13)23)26-7-9-27(10-8-26)20(28)29-21(2,3)4/h11-12H,5-10H2,1-4H3. The lowest BCUT2D eigenvalue weighted by Crippen LogP contribution is -2.51. The van der Waals surface area contributed by atoms with Crippen LogP contribution in [0.4, 0.5) is 14.9 Å². The van der Waals surface area contributed by atoms with E-state index in [0.717, 1.165) is 17.6 Å². The van der Waals surface area contributed by atoms with Crippen LogP contribution in [0.5, 0.6) is 0 Å². The summed E-state index contributed by atoms with van der Waals surface area (Å²) in [6, 6.07) is 3.00. The Morgan fingerprint density at radius 3 is 2.41 bits per heavy atom. The number of carbonyl (C=O) groups excluding carboxylic acids is 1. The number of allylic oxidation sites excluding steroid dienone is 1. The Bertz CT molecular complexity index is 869. The lowest BCUT2D eigenvalue weighted by molar-refractivity contribution is 0.0187. The Morgan fingerprint density at radius 1 is 1.14 bits per heavy atom. The molecule has 1 amide bonds. The predicted octanol–water partition coefficient (Wildman–Crippen LogP) is 5.52. The molecular weight excluding hydrogens is 416 g/mol. The minimum atomic E-state index is -0.532. The van der Waals surface area contributed by atoms with Gasteiger partial charge in [0.15, 0.2) is 0 Å². The van der Waals surface area contributed by atoms with E-state index in [2.05, 4.69) is 0 Å². The van der Waals surface area contributed by atoms with Crippen molar-refractivity contribution in [2.45, 2.75) is 46.1 Å². The zero-order valence-electron chi connectivity index (χ0n) is 17.2. The van der Waals surface area contributed by atoms with Crippen molar-refractivity contribution in [1.82, 2.24) is 9.80 Å². The fourth-order valence-corrected chi connectivity index (χ4v) is 3.75. The third-order valence-electron chi connectivity index (χ3n) is 4.92. The molecule has 0 saturated carbocycles. The summed E-state index contributed by atoms with van der Waals surface area (Å²) in [5.41, 5.74) is 1.92. The molecule has 0 spiro atoms. The molecule has 0 bridgehead atoms. The molecule has 1 fully saturated rings. The molecule has 0 unspecified atom stereocenters. The minimum absolute atomic E-state index is 0.0970. The molecular formula is C21H26Cl2FN3O2. The van der Waals surface area contributed by atoms with Gasteiger partial charge < -0.3 is 14.5 Å². The smallest absolute Gasteiger partial charge is 0.410 e. The Labute approximate surface area is 181 Å². The third-order valence-corrected chi connectivity index (χ3v) is 5.70. The second kappa shape index (κ2) is 8.52. The number of amidine groups is 1. The summed E-state index contributed by atoms with van der Waals surface area (Å²) in [6.45, 7) is 9.64. The number of aliphatic imine (C=N–C) groups is 1. The molecule has 0 atom stereocenters. The van der Waals surface area contributed by atoms with E-state index in [1.54, 1.807) is 11.0 Å². The van der Waals surface area contributed by atoms with Crippen LogP contribution >= 0.6 is 23.2 Å². The summed E-state index contributed by atoms with van der Waals surface area (Å²) in [5, 5.41) is 0.677. The molecule has 1 aromatic carbocycles. The number of hydrogen-bond donors (Lipinski definition) is 0. The molecule has 0 radical (unpaired) electrons. The maximum Gasteiger partial charge on any atom is 0.410 e. The number of rotatable bonds is 0. The van der Waals surface area contributed by atoms with E-state index in [4.69, 9.17) is 32.9 Å². The van der Waals surface area contributed by atoms with Crippen molar-refractivity contribution in [2.75, 3.05) is 26.2 Å². The van der Waals surface area contributed by atoms with E-state index in [1.165, 1.54) is 6.07 Å². The molecule has 2 aliphatic rings. The fraction of sp³-hybridized carbons (Fsp3) is 0.524. The van der Waals surface area contributed by atoms with Gasteiger partial charge in [0.05, 0.1) is 15.7 Å². The molecule has 1 saturated heterocycles. The van der Waals surface area contributed by atoms with Crippen LogP contribution in [0, 0.1) is 5.82 Å². The average molecular weight is 442 g/mol. The molecule has 29 heavy (non-hydrogen) atoms. The highest BCUT2D eigenvalue weighted by Crippen LogP contribution is 2.33. The maximum atomic E-state index is 14.0. The van der Waals surface area contributed by atoms with Gasteiger partial charge in [-0.05, 0) is 52.2 Å². The molecule has 2 heterocycles. The summed E-state index contributed by atoms with van der Waals surface area (Å²) in [5.74, 6) is 0.108. The quantitative estimate of drug-likeness (QED) is 0.532. The first-order valence-corrected chi connectivity index (χ1v) is 10.5. The lowest BCUT2D eigenvalue weighted by atomic mass is 10.0. The van der Waals surface area contributed by atoms with Crippen LogP contribution in [0.25, 0.3) is 0 Å². The van der Waals surface area contributed by atoms with E-state index in [1.807, 2.05) is 32.6 Å². The molecule has 0 aliphatic carbocycles. The number of piperazine rings is 1. The SMILES string of the molecule is CC1=C(Cl)C(N2CCN(C(=O)OC(C)(C)C)CC2)=Nc2cc(F)c(Cl)cc2CC1. The minimum Gasteiger partial charge on any atom is -0.444 e. The van der Waals surface area contributed by atoms with Gasteiger partial charge in [-0.1, -0.05) is 28.8 Å². The van der Waals surface area contributed by atoms with E-state index < -0.39 is 11.4 Å². The van der Waals surface area contributed by atoms with Crippen LogP contribution in [-0.2, 0) is 11.2 Å². The van der Waals surface area contributed by atoms with Crippen molar-refractivity contribution >= 4 is 40.8 Å². The first-order valence-electron chi connectivity index (χ1n) is 9.70. The Kier molecular flexibility index (Phi) is 6.44. The van der Waals surface area contributed by atoms with Crippen LogP contribution in [0.15, 0.2) is 27.7 Å². The van der Waals surface area contributed by atoms with Crippen molar-refractivity contribution in [2.24, 2.45) is 4.99 Å². The van der Waals surface area contributed by atoms with Gasteiger partial charge in [-0.25, -0.2) is 14.2 Å². The van der Waals surface area contributed by atoms with Crippen LogP contribution in [-0.4, -0.2) is 53.5 Å². The van der Waals surface area contributed by atoms with Crippen LogP contribution in [0.2, 0.25) is 5.02 Å². The first-order chi connectivity index (χ1) is 13.5. The highest BCUT2D eigenvalue weighted by molar-refractivity contribution is 6.43. The van der Waals surface area contributed by atoms with Gasteiger partial charge >= 0.3 is 6.09 Å². The molecule has 0 aromatic heterocycles. The van der Waals surface area contributed by atoms with Gasteiger partial charge in [-0.15, -0.1) is 0 Å². The summed E-state index contributed by atoms with van der Waals surface area (Å²) < 4.78 is 19.5. The topological polar surface area (TPSA) is 45.1 Å². The maximum absolute atomic E-state index is 14.0. The van der Waals surface area contributed by atoms with Crippen molar-refractivity contribution in [3.63, 3.8) is 0 Å². The van der Waals surface area contributed by atoms with E-state index in [0.29, 0.717) is 49.2 Å². The van der Waals surface area contributed by atoms with E-state index in [9.17, 15) is 9.18 Å². The molecule has 3 rings (SSSR count). The molecule has 2 aliphatic heterocycles. The monoisotopic (exact) mass is 441 g/mol. The Balaban J connectivity index is 1.84. The zero-order chi connectivity index (χ0) is 21.3. The summed E-state index contributed by atoms with van der Waals surface area (Å²) >= 11 is 12.6. The van der Waals surface area contributed by atoms with Gasteiger partial charge in [0.1, 0.15) is 17.3 Å². The highest BCUT2D eigenvalue weighted by Gasteiger charge is 2.29. The largest absolute Gasteiger partial charge is 0.444 e. The lowest BCUT2D eigenvalue weighted by Gasteiger charge is -2.37. The molecule has 1 aromatic rings. The van der Waals surface area contributed by atoms with E-state index >= 15 is 0 Å². The first kappa shape index (κ1) is 21.9. The number of benzene rings is 1. The predicted molar refractivity (Wildman–Crippen MR) is 115 cm³/mol. The second-order valence-electron chi connectivity index (χ2n) is 8.38. The van der Waals surface area contributed by atoms with Crippen LogP contribution in [0.3, 0.4) is 0 Å². The molecule has 0 N–H and O–H groups in total. The number of halogens is 3. The normalized spacial score (nSPS) is 18.1. The molecule has 5 nitrogen and oxygen atoms in total. The number of fused-ring (bicyclic) bond motifs is 1. The number of carbonyl (C=O) groups is 1. The van der Waals surface area contributed by atoms with Gasteiger partial charge in [0.2, 0.25) is 0 Å². The number of nitrogens with zero attached hydrogens (tertiary/aromatic N) is 3. The number of hydrogen-bond acceptors (Lipinski definition) is 4. The number of ether oxygens (including phenoxy) is 1. The summed E-state index contributed by atoms with van der Waals surface area (Å²) in [6.07, 6.45) is 1.11. The van der Waals surface area contributed by atoms with E-state index in [-0.39, 0.29) is 11.1 Å². The number of amides is 1. The van der Waals surface area contributed by atoms with Crippen molar-refractivity contribution in [3.8, 4) is 0 Å². The average Bonchev–Trinajstić information content (AvgIpc) is 2.64. The number of aryl methyl sites for hydroxylation is 1. The molecule has 8 heteroatoms. The van der Waals surface area contributed by atoms with Gasteiger partial charge in [0, 0.05) is 32.2 Å². The van der Waals surface area contributed by atoms with Crippen molar-refractivity contribution < 1.29 is 13.9 Å². The summed E-state index contributed by atoms with van der Waals surface area (Å²) in [7, 11) is 0. The summed E-state index contributed by atoms with van der Waals surface area (Å²) in [4.78, 5) is 20.7. The van der Waals surface area contributed by atoms with Crippen molar-refractivity contribution in [1.29, 1.82) is 0 Å². The zero-order valence-corrected chi connectivity index (χ0v) is 18.7. The van der Waals surface area contributed by atoms with Gasteiger partial charge in [-0.3, -0.25) is 0 Å². The van der Waals surface area contributed by atoms with Crippen molar-refractivity contribution in [3.05, 3.63) is 39.1 Å². The Hall–Kier alpha value is -1.79. The molecule has 158 valence electrons. The van der Waals surface area contributed by atoms with Gasteiger partial charge in [-0.2, -0.15) is 0 Å². The highest BCUT2D eigenvalue weighted by atomic mass is 35.5. The Morgan fingerprint density at radius 2 is 1.79 bits per heavy atom. The third kappa shape index (κ3) is 5.23. The van der Waals surface area contributed by atoms with Crippen LogP contribution < -0.4 is 0 Å². The van der Waals surface area contributed by atoms with Crippen LogP contribution in [0.1, 0.15) is 39.7 Å². The second-order valence-corrected chi connectivity index (χ2v) is 9.16. The van der Waals surface area contributed by atoms with Gasteiger partial charge in [0.25, 0.3) is 0 Å².